The standard InChI is InChI=1S/C30H36O8/c1-17(2)25(31)35-22-12-13-29(9,16-23(22)36-26(32)18(3)4)21-11-14-30(10,38-28(34)20(7)8)24(15-21)37-27(33)19(5)6/h12,15-16,24H,1,3,5,7,11,13-14H2,2,4,6,8-10H3. The van der Waals surface area contributed by atoms with E-state index in [2.05, 4.69) is 26.3 Å². The van der Waals surface area contributed by atoms with E-state index >= 15 is 0 Å². The van der Waals surface area contributed by atoms with Crippen molar-refractivity contribution in [3.63, 3.8) is 0 Å². The van der Waals surface area contributed by atoms with Crippen LogP contribution in [0.15, 0.2) is 83.9 Å². The van der Waals surface area contributed by atoms with E-state index in [4.69, 9.17) is 18.9 Å². The second kappa shape index (κ2) is 11.6. The predicted octanol–water partition coefficient (Wildman–Crippen LogP) is 5.49. The van der Waals surface area contributed by atoms with E-state index in [0.717, 1.165) is 5.57 Å². The topological polar surface area (TPSA) is 105 Å². The quantitative estimate of drug-likeness (QED) is 0.169. The van der Waals surface area contributed by atoms with Gasteiger partial charge >= 0.3 is 23.9 Å². The minimum absolute atomic E-state index is 0.0553. The Bertz CT molecular complexity index is 1210. The lowest BCUT2D eigenvalue weighted by Crippen LogP contribution is -2.48. The molecule has 38 heavy (non-hydrogen) atoms. The number of hydrogen-bond donors (Lipinski definition) is 0. The molecule has 8 nitrogen and oxygen atoms in total. The Morgan fingerprint density at radius 1 is 0.789 bits per heavy atom. The summed E-state index contributed by atoms with van der Waals surface area (Å²) in [6.07, 6.45) is 5.39. The van der Waals surface area contributed by atoms with Crippen LogP contribution in [0, 0.1) is 5.41 Å². The summed E-state index contributed by atoms with van der Waals surface area (Å²) >= 11 is 0. The monoisotopic (exact) mass is 524 g/mol. The predicted molar refractivity (Wildman–Crippen MR) is 142 cm³/mol. The van der Waals surface area contributed by atoms with E-state index in [0.29, 0.717) is 19.3 Å². The normalized spacial score (nSPS) is 24.5. The highest BCUT2D eigenvalue weighted by Crippen LogP contribution is 2.46. The molecule has 2 aliphatic carbocycles. The maximum absolute atomic E-state index is 12.5. The van der Waals surface area contributed by atoms with Crippen molar-refractivity contribution in [1.82, 2.24) is 0 Å². The van der Waals surface area contributed by atoms with E-state index < -0.39 is 41.0 Å². The van der Waals surface area contributed by atoms with E-state index in [1.807, 2.05) is 6.92 Å². The zero-order valence-electron chi connectivity index (χ0n) is 23.0. The highest BCUT2D eigenvalue weighted by Gasteiger charge is 2.46. The van der Waals surface area contributed by atoms with Crippen molar-refractivity contribution in [1.29, 1.82) is 0 Å². The maximum Gasteiger partial charge on any atom is 0.338 e. The van der Waals surface area contributed by atoms with Crippen LogP contribution in [0.4, 0.5) is 0 Å². The first kappa shape index (κ1) is 30.3. The fraction of sp³-hybridized carbons (Fsp3) is 0.400. The molecule has 204 valence electrons. The molecule has 0 aromatic heterocycles. The molecular weight excluding hydrogens is 488 g/mol. The summed E-state index contributed by atoms with van der Waals surface area (Å²) in [5, 5.41) is 0. The van der Waals surface area contributed by atoms with Gasteiger partial charge in [0, 0.05) is 27.7 Å². The van der Waals surface area contributed by atoms with Crippen molar-refractivity contribution < 1.29 is 38.1 Å². The highest BCUT2D eigenvalue weighted by molar-refractivity contribution is 5.90. The Morgan fingerprint density at radius 3 is 1.79 bits per heavy atom. The smallest absolute Gasteiger partial charge is 0.338 e. The SMILES string of the molecule is C=C(C)C(=O)OC1=CCC(C)(C2=CC(OC(=O)C(=C)C)C(C)(OC(=O)C(=C)C)CC2)C=C1OC(=O)C(=C)C. The van der Waals surface area contributed by atoms with Gasteiger partial charge in [-0.25, -0.2) is 19.2 Å². The van der Waals surface area contributed by atoms with Gasteiger partial charge in [0.2, 0.25) is 0 Å². The van der Waals surface area contributed by atoms with Gasteiger partial charge in [0.05, 0.1) is 0 Å². The molecule has 0 aromatic carbocycles. The van der Waals surface area contributed by atoms with E-state index in [1.165, 1.54) is 27.7 Å². The van der Waals surface area contributed by atoms with Crippen molar-refractivity contribution in [2.75, 3.05) is 0 Å². The molecule has 2 rings (SSSR count). The second-order valence-electron chi connectivity index (χ2n) is 10.3. The van der Waals surface area contributed by atoms with Crippen LogP contribution < -0.4 is 0 Å². The minimum atomic E-state index is -1.15. The lowest BCUT2D eigenvalue weighted by Gasteiger charge is -2.42. The summed E-state index contributed by atoms with van der Waals surface area (Å²) in [4.78, 5) is 49.4. The molecular formula is C30H36O8. The van der Waals surface area contributed by atoms with Crippen LogP contribution in [0.1, 0.15) is 60.8 Å². The average Bonchev–Trinajstić information content (AvgIpc) is 2.81. The Hall–Kier alpha value is -3.94. The second-order valence-corrected chi connectivity index (χ2v) is 10.3. The van der Waals surface area contributed by atoms with Crippen molar-refractivity contribution in [2.24, 2.45) is 5.41 Å². The molecule has 3 unspecified atom stereocenters. The average molecular weight is 525 g/mol. The van der Waals surface area contributed by atoms with Gasteiger partial charge in [-0.3, -0.25) is 0 Å². The number of carbonyl (C=O) groups excluding carboxylic acids is 4. The van der Waals surface area contributed by atoms with Crippen molar-refractivity contribution >= 4 is 23.9 Å². The van der Waals surface area contributed by atoms with Crippen molar-refractivity contribution in [3.05, 3.63) is 83.9 Å². The third-order valence-corrected chi connectivity index (χ3v) is 6.34. The van der Waals surface area contributed by atoms with Crippen LogP contribution in [0.2, 0.25) is 0 Å². The molecule has 3 atom stereocenters. The van der Waals surface area contributed by atoms with E-state index in [-0.39, 0.29) is 33.8 Å². The zero-order valence-corrected chi connectivity index (χ0v) is 23.0. The third-order valence-electron chi connectivity index (χ3n) is 6.34. The van der Waals surface area contributed by atoms with Crippen LogP contribution >= 0.6 is 0 Å². The fourth-order valence-corrected chi connectivity index (χ4v) is 3.82. The van der Waals surface area contributed by atoms with Gasteiger partial charge in [-0.2, -0.15) is 0 Å². The molecule has 0 N–H and O–H groups in total. The van der Waals surface area contributed by atoms with Gasteiger partial charge in [-0.1, -0.05) is 38.8 Å². The van der Waals surface area contributed by atoms with Crippen LogP contribution in [0.5, 0.6) is 0 Å². The molecule has 0 saturated carbocycles. The highest BCUT2D eigenvalue weighted by atomic mass is 16.6. The number of hydrogen-bond acceptors (Lipinski definition) is 8. The number of esters is 4. The minimum Gasteiger partial charge on any atom is -0.452 e. The van der Waals surface area contributed by atoms with E-state index in [1.54, 1.807) is 25.2 Å². The Morgan fingerprint density at radius 2 is 1.29 bits per heavy atom. The summed E-state index contributed by atoms with van der Waals surface area (Å²) in [6, 6.07) is 0. The molecule has 0 fully saturated rings. The van der Waals surface area contributed by atoms with Crippen LogP contribution in [-0.2, 0) is 38.1 Å². The molecule has 0 aliphatic heterocycles. The molecule has 0 spiro atoms. The summed E-state index contributed by atoms with van der Waals surface area (Å²) in [5.74, 6) is -2.41. The van der Waals surface area contributed by atoms with E-state index in [9.17, 15) is 19.2 Å². The Labute approximate surface area is 224 Å². The first-order valence-corrected chi connectivity index (χ1v) is 12.1. The lowest BCUT2D eigenvalue weighted by atomic mass is 9.69. The van der Waals surface area contributed by atoms with Gasteiger partial charge in [-0.15, -0.1) is 0 Å². The van der Waals surface area contributed by atoms with Crippen LogP contribution in [0.3, 0.4) is 0 Å². The first-order valence-electron chi connectivity index (χ1n) is 12.1. The summed E-state index contributed by atoms with van der Waals surface area (Å²) < 4.78 is 22.4. The maximum atomic E-state index is 12.5. The lowest BCUT2D eigenvalue weighted by molar-refractivity contribution is -0.175. The largest absolute Gasteiger partial charge is 0.452 e. The van der Waals surface area contributed by atoms with Gasteiger partial charge in [0.25, 0.3) is 0 Å². The number of ether oxygens (including phenoxy) is 4. The number of allylic oxidation sites excluding steroid dienone is 3. The van der Waals surface area contributed by atoms with Crippen molar-refractivity contribution in [3.8, 4) is 0 Å². The molecule has 0 heterocycles. The van der Waals surface area contributed by atoms with Gasteiger partial charge in [-0.05, 0) is 72.1 Å². The first-order chi connectivity index (χ1) is 17.5. The molecule has 2 aliphatic rings. The summed E-state index contributed by atoms with van der Waals surface area (Å²) in [6.45, 7) is 24.2. The number of rotatable bonds is 9. The molecule has 0 saturated heterocycles. The van der Waals surface area contributed by atoms with Crippen molar-refractivity contribution in [2.45, 2.75) is 72.5 Å². The van der Waals surface area contributed by atoms with Gasteiger partial charge < -0.3 is 18.9 Å². The van der Waals surface area contributed by atoms with Gasteiger partial charge in [0.15, 0.2) is 23.2 Å². The zero-order chi connectivity index (χ0) is 29.0. The summed E-state index contributed by atoms with van der Waals surface area (Å²) in [7, 11) is 0. The third kappa shape index (κ3) is 7.09. The molecule has 0 radical (unpaired) electrons. The molecule has 0 bridgehead atoms. The number of carbonyl (C=O) groups is 4. The molecule has 0 aromatic rings. The van der Waals surface area contributed by atoms with Gasteiger partial charge in [0.1, 0.15) is 0 Å². The Balaban J connectivity index is 2.53. The molecule has 0 amide bonds. The summed E-state index contributed by atoms with van der Waals surface area (Å²) in [5.41, 5.74) is -0.230. The fourth-order valence-electron chi connectivity index (χ4n) is 3.82. The van der Waals surface area contributed by atoms with Crippen LogP contribution in [-0.4, -0.2) is 35.6 Å². The van der Waals surface area contributed by atoms with Crippen LogP contribution in [0.25, 0.3) is 0 Å². The molecule has 8 heteroatoms. The Kier molecular flexibility index (Phi) is 9.27.